The van der Waals surface area contributed by atoms with Gasteiger partial charge in [0.2, 0.25) is 0 Å². The van der Waals surface area contributed by atoms with Crippen LogP contribution in [0.1, 0.15) is 63.2 Å². The zero-order valence-electron chi connectivity index (χ0n) is 19.2. The van der Waals surface area contributed by atoms with Crippen LogP contribution in [0.5, 0.6) is 5.75 Å². The number of fused-ring (bicyclic) bond motifs is 1. The van der Waals surface area contributed by atoms with Crippen molar-refractivity contribution in [3.8, 4) is 5.75 Å². The molecule has 0 saturated carbocycles. The average molecular weight is 432 g/mol. The molecule has 2 aliphatic heterocycles. The summed E-state index contributed by atoms with van der Waals surface area (Å²) in [4.78, 5) is 27.2. The van der Waals surface area contributed by atoms with Gasteiger partial charge in [-0.3, -0.25) is 4.79 Å². The van der Waals surface area contributed by atoms with Crippen LogP contribution in [0.3, 0.4) is 0 Å². The van der Waals surface area contributed by atoms with Gasteiger partial charge in [-0.05, 0) is 83.5 Å². The van der Waals surface area contributed by atoms with Gasteiger partial charge in [0, 0.05) is 19.6 Å². The summed E-state index contributed by atoms with van der Waals surface area (Å²) in [7, 11) is 0. The Morgan fingerprint density at radius 1 is 1.10 bits per heavy atom. The number of hydrogen-bond donors (Lipinski definition) is 2. The second kappa shape index (κ2) is 10.4. The van der Waals surface area contributed by atoms with E-state index in [2.05, 4.69) is 10.6 Å². The molecule has 0 radical (unpaired) electrons. The number of nitrogens with zero attached hydrogens (tertiary/aromatic N) is 1. The molecule has 1 saturated heterocycles. The highest BCUT2D eigenvalue weighted by Crippen LogP contribution is 2.36. The average Bonchev–Trinajstić information content (AvgIpc) is 2.73. The first-order chi connectivity index (χ1) is 14.8. The monoisotopic (exact) mass is 431 g/mol. The Morgan fingerprint density at radius 2 is 1.81 bits per heavy atom. The van der Waals surface area contributed by atoms with Crippen molar-refractivity contribution in [1.82, 2.24) is 15.5 Å². The minimum absolute atomic E-state index is 0.0181. The van der Waals surface area contributed by atoms with E-state index >= 15 is 0 Å². The fraction of sp³-hybridized carbons (Fsp3) is 0.667. The first-order valence-corrected chi connectivity index (χ1v) is 11.5. The molecule has 2 amide bonds. The maximum absolute atomic E-state index is 12.9. The molecule has 0 bridgehead atoms. The number of carbonyl (C=O) groups excluding carboxylic acids is 2. The van der Waals surface area contributed by atoms with Crippen molar-refractivity contribution >= 4 is 12.0 Å². The highest BCUT2D eigenvalue weighted by atomic mass is 16.6. The van der Waals surface area contributed by atoms with Crippen LogP contribution in [-0.2, 0) is 4.74 Å². The Bertz CT molecular complexity index is 751. The summed E-state index contributed by atoms with van der Waals surface area (Å²) in [6, 6.07) is 7.42. The number of para-hydroxylation sites is 1. The van der Waals surface area contributed by atoms with Gasteiger partial charge in [0.05, 0.1) is 12.2 Å². The molecule has 2 N–H and O–H groups in total. The van der Waals surface area contributed by atoms with Crippen LogP contribution in [-0.4, -0.2) is 61.8 Å². The van der Waals surface area contributed by atoms with Crippen LogP contribution >= 0.6 is 0 Å². The lowest BCUT2D eigenvalue weighted by Gasteiger charge is -2.42. The first kappa shape index (κ1) is 23.4. The summed E-state index contributed by atoms with van der Waals surface area (Å²) in [5.74, 6) is 0.533. The van der Waals surface area contributed by atoms with Gasteiger partial charge in [-0.1, -0.05) is 12.1 Å². The number of likely N-dealkylation sites (tertiary alicyclic amines) is 1. The Kier molecular flexibility index (Phi) is 7.81. The van der Waals surface area contributed by atoms with Crippen LogP contribution < -0.4 is 15.4 Å². The molecule has 1 aromatic carbocycles. The van der Waals surface area contributed by atoms with Crippen molar-refractivity contribution in [2.75, 3.05) is 39.3 Å². The van der Waals surface area contributed by atoms with Gasteiger partial charge >= 0.3 is 6.09 Å². The molecule has 31 heavy (non-hydrogen) atoms. The SMILES string of the molecule is CC(C)(C)OC(=O)N1CCC2(CCCNCCCOc3ccccc3C(=O)NC2)CC1. The van der Waals surface area contributed by atoms with Gasteiger partial charge in [-0.25, -0.2) is 4.79 Å². The van der Waals surface area contributed by atoms with Gasteiger partial charge < -0.3 is 25.0 Å². The summed E-state index contributed by atoms with van der Waals surface area (Å²) in [5, 5.41) is 6.66. The largest absolute Gasteiger partial charge is 0.493 e. The van der Waals surface area contributed by atoms with E-state index in [9.17, 15) is 9.59 Å². The lowest BCUT2D eigenvalue weighted by Crippen LogP contribution is -2.49. The van der Waals surface area contributed by atoms with Crippen molar-refractivity contribution < 1.29 is 19.1 Å². The van der Waals surface area contributed by atoms with Gasteiger partial charge in [0.15, 0.2) is 0 Å². The van der Waals surface area contributed by atoms with E-state index in [4.69, 9.17) is 9.47 Å². The third-order valence-electron chi connectivity index (χ3n) is 6.05. The molecule has 1 aromatic rings. The maximum atomic E-state index is 12.9. The molecule has 0 atom stereocenters. The third-order valence-corrected chi connectivity index (χ3v) is 6.05. The summed E-state index contributed by atoms with van der Waals surface area (Å²) in [6.45, 7) is 9.99. The molecule has 3 rings (SSSR count). The maximum Gasteiger partial charge on any atom is 0.410 e. The Balaban J connectivity index is 1.68. The number of ether oxygens (including phenoxy) is 2. The number of rotatable bonds is 0. The highest BCUT2D eigenvalue weighted by Gasteiger charge is 2.37. The second-order valence-electron chi connectivity index (χ2n) is 9.70. The standard InChI is InChI=1S/C24H37N3O4/c1-23(2,3)31-22(29)27-15-11-24(12-16-27)10-6-13-25-14-7-17-30-20-9-5-4-8-19(20)21(28)26-18-24/h4-5,8-9,25H,6-7,10-18H2,1-3H3,(H,26,28). The number of carbonyl (C=O) groups is 2. The van der Waals surface area contributed by atoms with E-state index in [1.807, 2.05) is 45.0 Å². The van der Waals surface area contributed by atoms with E-state index in [1.54, 1.807) is 4.90 Å². The fourth-order valence-electron chi connectivity index (χ4n) is 4.24. The van der Waals surface area contributed by atoms with E-state index in [0.29, 0.717) is 37.6 Å². The zero-order valence-corrected chi connectivity index (χ0v) is 19.2. The number of amides is 2. The van der Waals surface area contributed by atoms with E-state index in [1.165, 1.54) is 0 Å². The highest BCUT2D eigenvalue weighted by molar-refractivity contribution is 5.96. The van der Waals surface area contributed by atoms with Crippen LogP contribution in [0.4, 0.5) is 4.79 Å². The smallest absolute Gasteiger partial charge is 0.410 e. The molecule has 2 heterocycles. The van der Waals surface area contributed by atoms with Crippen LogP contribution in [0.15, 0.2) is 24.3 Å². The normalized spacial score (nSPS) is 20.7. The predicted molar refractivity (Wildman–Crippen MR) is 120 cm³/mol. The second-order valence-corrected chi connectivity index (χ2v) is 9.70. The minimum Gasteiger partial charge on any atom is -0.493 e. The minimum atomic E-state index is -0.494. The molecule has 7 nitrogen and oxygen atoms in total. The molecule has 172 valence electrons. The molecule has 1 fully saturated rings. The van der Waals surface area contributed by atoms with Gasteiger partial charge in [-0.15, -0.1) is 0 Å². The lowest BCUT2D eigenvalue weighted by atomic mass is 9.74. The summed E-state index contributed by atoms with van der Waals surface area (Å²) in [6.07, 6.45) is 4.40. The molecule has 0 aromatic heterocycles. The number of nitrogens with one attached hydrogen (secondary N) is 2. The van der Waals surface area contributed by atoms with Crippen molar-refractivity contribution in [2.45, 2.75) is 58.5 Å². The van der Waals surface area contributed by atoms with Crippen molar-refractivity contribution in [1.29, 1.82) is 0 Å². The van der Waals surface area contributed by atoms with Gasteiger partial charge in [0.1, 0.15) is 11.4 Å². The zero-order chi connectivity index (χ0) is 22.3. The van der Waals surface area contributed by atoms with Crippen LogP contribution in [0.25, 0.3) is 0 Å². The van der Waals surface area contributed by atoms with Crippen LogP contribution in [0, 0.1) is 5.41 Å². The van der Waals surface area contributed by atoms with E-state index in [-0.39, 0.29) is 17.4 Å². The third kappa shape index (κ3) is 6.86. The van der Waals surface area contributed by atoms with E-state index < -0.39 is 5.60 Å². The fourth-order valence-corrected chi connectivity index (χ4v) is 4.24. The van der Waals surface area contributed by atoms with Gasteiger partial charge in [-0.2, -0.15) is 0 Å². The molecule has 2 aliphatic rings. The molecule has 0 unspecified atom stereocenters. The molecule has 7 heteroatoms. The van der Waals surface area contributed by atoms with Crippen molar-refractivity contribution in [3.05, 3.63) is 29.8 Å². The molecular weight excluding hydrogens is 394 g/mol. The Labute approximate surface area is 185 Å². The van der Waals surface area contributed by atoms with Crippen molar-refractivity contribution in [2.24, 2.45) is 5.41 Å². The summed E-state index contributed by atoms with van der Waals surface area (Å²) >= 11 is 0. The number of piperidine rings is 1. The topological polar surface area (TPSA) is 79.9 Å². The summed E-state index contributed by atoms with van der Waals surface area (Å²) in [5.41, 5.74) is 0.0652. The number of benzene rings is 1. The van der Waals surface area contributed by atoms with Crippen molar-refractivity contribution in [3.63, 3.8) is 0 Å². The predicted octanol–water partition coefficient (Wildman–Crippen LogP) is 3.59. The number of hydrogen-bond acceptors (Lipinski definition) is 5. The molecule has 1 spiro atoms. The Morgan fingerprint density at radius 3 is 2.55 bits per heavy atom. The quantitative estimate of drug-likeness (QED) is 0.656. The lowest BCUT2D eigenvalue weighted by molar-refractivity contribution is 0.00853. The molecule has 0 aliphatic carbocycles. The van der Waals surface area contributed by atoms with Gasteiger partial charge in [0.25, 0.3) is 5.91 Å². The van der Waals surface area contributed by atoms with E-state index in [0.717, 1.165) is 45.2 Å². The summed E-state index contributed by atoms with van der Waals surface area (Å²) < 4.78 is 11.4. The van der Waals surface area contributed by atoms with Crippen LogP contribution in [0.2, 0.25) is 0 Å². The Hall–Kier alpha value is -2.28. The first-order valence-electron chi connectivity index (χ1n) is 11.5. The molecular formula is C24H37N3O4.